The highest BCUT2D eigenvalue weighted by Crippen LogP contribution is 2.22. The summed E-state index contributed by atoms with van der Waals surface area (Å²) in [4.78, 5) is 0. The van der Waals surface area contributed by atoms with Crippen molar-refractivity contribution in [3.05, 3.63) is 6.92 Å². The largest absolute Gasteiger partial charge is 0.572 e. The zero-order chi connectivity index (χ0) is 8.74. The Balaban J connectivity index is 3.84. The Morgan fingerprint density at radius 3 is 1.91 bits per heavy atom. The highest BCUT2D eigenvalue weighted by Gasteiger charge is 2.38. The molecule has 0 spiro atoms. The molecule has 0 fully saturated rings. The molecular formula is C6H15O3SSi. The summed E-state index contributed by atoms with van der Waals surface area (Å²) in [7, 11) is 2.46. The minimum Gasteiger partial charge on any atom is -0.369 e. The molecule has 0 aliphatic heterocycles. The van der Waals surface area contributed by atoms with Gasteiger partial charge < -0.3 is 13.3 Å². The van der Waals surface area contributed by atoms with Crippen LogP contribution in [0.1, 0.15) is 6.42 Å². The topological polar surface area (TPSA) is 27.7 Å². The molecule has 67 valence electrons. The molecule has 0 bridgehead atoms. The number of hydrogen-bond donors (Lipinski definition) is 0. The standard InChI is InChI=1S/C6H15O3SSi/c1-5-6-10-11(7-2,8-3)9-4/h1,5-6H2,2-4H3. The van der Waals surface area contributed by atoms with Gasteiger partial charge in [0.1, 0.15) is 0 Å². The van der Waals surface area contributed by atoms with E-state index in [0.717, 1.165) is 12.2 Å². The van der Waals surface area contributed by atoms with E-state index in [1.165, 1.54) is 0 Å². The van der Waals surface area contributed by atoms with Crippen molar-refractivity contribution in [2.45, 2.75) is 6.42 Å². The van der Waals surface area contributed by atoms with Crippen LogP contribution in [-0.2, 0) is 13.3 Å². The van der Waals surface area contributed by atoms with Crippen molar-refractivity contribution in [2.24, 2.45) is 0 Å². The molecule has 5 heteroatoms. The summed E-state index contributed by atoms with van der Waals surface area (Å²) >= 11 is 1.58. The average molecular weight is 195 g/mol. The summed E-state index contributed by atoms with van der Waals surface area (Å²) in [5, 5.41) is 0. The molecule has 0 aliphatic carbocycles. The highest BCUT2D eigenvalue weighted by atomic mass is 32.4. The molecule has 0 amide bonds. The highest BCUT2D eigenvalue weighted by molar-refractivity contribution is 8.26. The van der Waals surface area contributed by atoms with E-state index >= 15 is 0 Å². The van der Waals surface area contributed by atoms with Crippen LogP contribution in [0.2, 0.25) is 0 Å². The Bertz CT molecular complexity index is 89.6. The van der Waals surface area contributed by atoms with Crippen LogP contribution in [0, 0.1) is 6.92 Å². The van der Waals surface area contributed by atoms with Gasteiger partial charge in [0.05, 0.1) is 0 Å². The predicted octanol–water partition coefficient (Wildman–Crippen LogP) is 1.32. The third-order valence-corrected chi connectivity index (χ3v) is 6.69. The van der Waals surface area contributed by atoms with Crippen LogP contribution in [0.5, 0.6) is 0 Å². The summed E-state index contributed by atoms with van der Waals surface area (Å²) in [6.45, 7) is 3.73. The van der Waals surface area contributed by atoms with Crippen molar-refractivity contribution in [3.8, 4) is 0 Å². The molecule has 3 nitrogen and oxygen atoms in total. The molecule has 0 aromatic rings. The molecule has 0 saturated heterocycles. The van der Waals surface area contributed by atoms with Gasteiger partial charge in [0.2, 0.25) is 0 Å². The molecule has 0 rings (SSSR count). The lowest BCUT2D eigenvalue weighted by molar-refractivity contribution is 0.152. The van der Waals surface area contributed by atoms with Crippen molar-refractivity contribution >= 4 is 19.2 Å². The maximum Gasteiger partial charge on any atom is 0.572 e. The third-order valence-electron chi connectivity index (χ3n) is 1.17. The van der Waals surface area contributed by atoms with Crippen molar-refractivity contribution in [1.29, 1.82) is 0 Å². The third kappa shape index (κ3) is 3.57. The summed E-state index contributed by atoms with van der Waals surface area (Å²) in [6.07, 6.45) is 0.857. The maximum atomic E-state index is 5.17. The van der Waals surface area contributed by atoms with E-state index in [4.69, 9.17) is 13.3 Å². The van der Waals surface area contributed by atoms with Crippen LogP contribution in [-0.4, -0.2) is 35.0 Å². The monoisotopic (exact) mass is 195 g/mol. The van der Waals surface area contributed by atoms with Gasteiger partial charge >= 0.3 is 7.95 Å². The van der Waals surface area contributed by atoms with Gasteiger partial charge in [0, 0.05) is 21.3 Å². The predicted molar refractivity (Wildman–Crippen MR) is 49.2 cm³/mol. The Morgan fingerprint density at radius 1 is 1.18 bits per heavy atom. The zero-order valence-electron chi connectivity index (χ0n) is 7.25. The number of hydrogen-bond acceptors (Lipinski definition) is 4. The molecule has 0 atom stereocenters. The fourth-order valence-corrected chi connectivity index (χ4v) is 4.12. The van der Waals surface area contributed by atoms with Crippen molar-refractivity contribution in [3.63, 3.8) is 0 Å². The fourth-order valence-electron chi connectivity index (χ4n) is 0.624. The minimum atomic E-state index is -2.36. The molecule has 0 aromatic heterocycles. The summed E-state index contributed by atoms with van der Waals surface area (Å²) < 4.78 is 15.5. The SMILES string of the molecule is [CH2]CCS[Si](OC)(OC)OC. The lowest BCUT2D eigenvalue weighted by Crippen LogP contribution is -2.39. The Morgan fingerprint density at radius 2 is 1.64 bits per heavy atom. The molecule has 0 unspecified atom stereocenters. The van der Waals surface area contributed by atoms with Crippen LogP contribution in [0.3, 0.4) is 0 Å². The lowest BCUT2D eigenvalue weighted by Gasteiger charge is -2.22. The minimum absolute atomic E-state index is 0.857. The zero-order valence-corrected chi connectivity index (χ0v) is 9.07. The molecule has 1 radical (unpaired) electrons. The first-order valence-corrected chi connectivity index (χ1v) is 6.77. The number of rotatable bonds is 6. The molecular weight excluding hydrogens is 180 g/mol. The smallest absolute Gasteiger partial charge is 0.369 e. The van der Waals surface area contributed by atoms with Crippen molar-refractivity contribution in [2.75, 3.05) is 27.1 Å². The van der Waals surface area contributed by atoms with E-state index in [1.54, 1.807) is 32.5 Å². The maximum absolute atomic E-state index is 5.17. The first-order valence-electron chi connectivity index (χ1n) is 3.33. The van der Waals surface area contributed by atoms with Gasteiger partial charge in [-0.1, -0.05) is 18.1 Å². The van der Waals surface area contributed by atoms with E-state index in [-0.39, 0.29) is 0 Å². The molecule has 0 aliphatic rings. The van der Waals surface area contributed by atoms with Gasteiger partial charge in [-0.15, -0.1) is 0 Å². The average Bonchev–Trinajstić information content (AvgIpc) is 2.08. The fraction of sp³-hybridized carbons (Fsp3) is 0.833. The Labute approximate surface area is 73.4 Å². The van der Waals surface area contributed by atoms with E-state index < -0.39 is 7.95 Å². The summed E-state index contributed by atoms with van der Waals surface area (Å²) in [6, 6.07) is 0. The van der Waals surface area contributed by atoms with E-state index in [2.05, 4.69) is 6.92 Å². The molecule has 0 heterocycles. The van der Waals surface area contributed by atoms with E-state index in [0.29, 0.717) is 0 Å². The molecule has 11 heavy (non-hydrogen) atoms. The van der Waals surface area contributed by atoms with E-state index in [9.17, 15) is 0 Å². The Kier molecular flexibility index (Phi) is 6.26. The molecule has 0 saturated carbocycles. The van der Waals surface area contributed by atoms with Crippen molar-refractivity contribution in [1.82, 2.24) is 0 Å². The Hall–Kier alpha value is 0.447. The first kappa shape index (κ1) is 11.4. The van der Waals surface area contributed by atoms with Crippen LogP contribution in [0.15, 0.2) is 0 Å². The first-order chi connectivity index (χ1) is 5.24. The second kappa shape index (κ2) is 6.02. The normalized spacial score (nSPS) is 12.0. The van der Waals surface area contributed by atoms with Gasteiger partial charge in [-0.05, 0) is 12.2 Å². The van der Waals surface area contributed by atoms with Crippen LogP contribution < -0.4 is 0 Å². The molecule has 0 aromatic carbocycles. The van der Waals surface area contributed by atoms with Crippen LogP contribution in [0.4, 0.5) is 0 Å². The van der Waals surface area contributed by atoms with Gasteiger partial charge in [-0.25, -0.2) is 0 Å². The van der Waals surface area contributed by atoms with Gasteiger partial charge in [0.25, 0.3) is 0 Å². The van der Waals surface area contributed by atoms with Crippen LogP contribution in [0.25, 0.3) is 0 Å². The van der Waals surface area contributed by atoms with E-state index in [1.807, 2.05) is 0 Å². The summed E-state index contributed by atoms with van der Waals surface area (Å²) in [5.74, 6) is 0.905. The lowest BCUT2D eigenvalue weighted by atomic mass is 10.6. The van der Waals surface area contributed by atoms with Gasteiger partial charge in [-0.3, -0.25) is 0 Å². The quantitative estimate of drug-likeness (QED) is 0.597. The van der Waals surface area contributed by atoms with Crippen molar-refractivity contribution < 1.29 is 13.3 Å². The van der Waals surface area contributed by atoms with Crippen LogP contribution >= 0.6 is 11.2 Å². The van der Waals surface area contributed by atoms with Gasteiger partial charge in [-0.2, -0.15) is 0 Å². The molecule has 0 N–H and O–H groups in total. The second-order valence-electron chi connectivity index (χ2n) is 1.81. The summed E-state index contributed by atoms with van der Waals surface area (Å²) in [5.41, 5.74) is 0. The van der Waals surface area contributed by atoms with Gasteiger partial charge in [0.15, 0.2) is 0 Å². The second-order valence-corrected chi connectivity index (χ2v) is 7.10.